The molecule has 0 aromatic rings. The maximum absolute atomic E-state index is 12.0. The van der Waals surface area contributed by atoms with Gasteiger partial charge in [-0.3, -0.25) is 9.69 Å². The summed E-state index contributed by atoms with van der Waals surface area (Å²) in [6.45, 7) is 5.71. The number of hydrogen-bond donors (Lipinski definition) is 1. The summed E-state index contributed by atoms with van der Waals surface area (Å²) in [6.07, 6.45) is 2.67. The fourth-order valence-electron chi connectivity index (χ4n) is 2.95. The van der Waals surface area contributed by atoms with Gasteiger partial charge in [-0.05, 0) is 33.1 Å². The van der Waals surface area contributed by atoms with Gasteiger partial charge >= 0.3 is 0 Å². The highest BCUT2D eigenvalue weighted by Gasteiger charge is 2.50. The molecule has 0 radical (unpaired) electrons. The minimum Gasteiger partial charge on any atom is -0.356 e. The molecule has 2 saturated heterocycles. The average Bonchev–Trinajstić information content (AvgIpc) is 2.63. The fraction of sp³-hybridized carbons (Fsp3) is 0.833. The number of piperidine rings is 1. The lowest BCUT2D eigenvalue weighted by Crippen LogP contribution is -2.47. The molecule has 2 heterocycles. The van der Waals surface area contributed by atoms with Crippen LogP contribution in [-0.2, 0) is 4.79 Å². The van der Waals surface area contributed by atoms with E-state index in [1.165, 1.54) is 0 Å². The molecule has 2 fully saturated rings. The third kappa shape index (κ3) is 1.69. The number of hydrogen-bond acceptors (Lipinski definition) is 3. The van der Waals surface area contributed by atoms with Gasteiger partial charge in [0.05, 0.1) is 17.5 Å². The predicted octanol–water partition coefficient (Wildman–Crippen LogP) is 0.889. The summed E-state index contributed by atoms with van der Waals surface area (Å²) in [5.41, 5.74) is -0.289. The molecule has 2 rings (SSSR count). The number of carbonyl (C=O) groups excluding carboxylic acids is 1. The van der Waals surface area contributed by atoms with Gasteiger partial charge in [0, 0.05) is 19.1 Å². The molecule has 2 atom stereocenters. The minimum atomic E-state index is -0.289. The Morgan fingerprint density at radius 2 is 2.38 bits per heavy atom. The van der Waals surface area contributed by atoms with Gasteiger partial charge < -0.3 is 5.32 Å². The zero-order chi connectivity index (χ0) is 11.8. The standard InChI is InChI=1S/C12H19N3O/c1-9(2)15-8-12(6-10(15)7-13)4-3-5-14-11(12)16/h9-10H,3-6,8H2,1-2H3,(H,14,16). The third-order valence-electron chi connectivity index (χ3n) is 3.88. The van der Waals surface area contributed by atoms with Gasteiger partial charge in [-0.15, -0.1) is 0 Å². The van der Waals surface area contributed by atoms with Gasteiger partial charge in [-0.2, -0.15) is 5.26 Å². The topological polar surface area (TPSA) is 56.1 Å². The molecule has 0 saturated carbocycles. The van der Waals surface area contributed by atoms with Gasteiger partial charge in [-0.1, -0.05) is 0 Å². The van der Waals surface area contributed by atoms with E-state index in [1.807, 2.05) is 0 Å². The zero-order valence-corrected chi connectivity index (χ0v) is 9.99. The van der Waals surface area contributed by atoms with Crippen LogP contribution < -0.4 is 5.32 Å². The molecule has 2 aliphatic rings. The van der Waals surface area contributed by atoms with E-state index in [0.717, 1.165) is 25.9 Å². The summed E-state index contributed by atoms with van der Waals surface area (Å²) in [4.78, 5) is 14.2. The van der Waals surface area contributed by atoms with Crippen LogP contribution in [0.25, 0.3) is 0 Å². The first-order chi connectivity index (χ1) is 7.59. The van der Waals surface area contributed by atoms with E-state index in [0.29, 0.717) is 12.5 Å². The van der Waals surface area contributed by atoms with Crippen molar-refractivity contribution in [3.8, 4) is 6.07 Å². The Hall–Kier alpha value is -1.08. The maximum atomic E-state index is 12.0. The molecule has 16 heavy (non-hydrogen) atoms. The molecule has 0 aliphatic carbocycles. The molecule has 0 aromatic heterocycles. The van der Waals surface area contributed by atoms with Crippen molar-refractivity contribution in [2.75, 3.05) is 13.1 Å². The second kappa shape index (κ2) is 4.06. The highest BCUT2D eigenvalue weighted by atomic mass is 16.2. The quantitative estimate of drug-likeness (QED) is 0.715. The van der Waals surface area contributed by atoms with Gasteiger partial charge in [0.25, 0.3) is 0 Å². The van der Waals surface area contributed by atoms with E-state index in [-0.39, 0.29) is 17.4 Å². The number of carbonyl (C=O) groups is 1. The molecule has 1 N–H and O–H groups in total. The van der Waals surface area contributed by atoms with Crippen LogP contribution in [0.4, 0.5) is 0 Å². The number of nitrogens with one attached hydrogen (secondary N) is 1. The summed E-state index contributed by atoms with van der Waals surface area (Å²) in [5, 5.41) is 12.1. The monoisotopic (exact) mass is 221 g/mol. The van der Waals surface area contributed by atoms with Gasteiger partial charge in [0.15, 0.2) is 0 Å². The smallest absolute Gasteiger partial charge is 0.227 e. The molecule has 4 heteroatoms. The summed E-state index contributed by atoms with van der Waals surface area (Å²) in [5.74, 6) is 0.155. The Morgan fingerprint density at radius 3 is 2.88 bits per heavy atom. The van der Waals surface area contributed by atoms with Crippen molar-refractivity contribution in [2.24, 2.45) is 5.41 Å². The van der Waals surface area contributed by atoms with E-state index >= 15 is 0 Å². The van der Waals surface area contributed by atoms with Crippen LogP contribution in [0.5, 0.6) is 0 Å². The Kier molecular flexibility index (Phi) is 2.90. The van der Waals surface area contributed by atoms with Crippen molar-refractivity contribution < 1.29 is 4.79 Å². The number of nitriles is 1. The number of amides is 1. The van der Waals surface area contributed by atoms with Crippen LogP contribution in [0.3, 0.4) is 0 Å². The van der Waals surface area contributed by atoms with Gasteiger partial charge in [0.1, 0.15) is 0 Å². The number of likely N-dealkylation sites (tertiary alicyclic amines) is 1. The van der Waals surface area contributed by atoms with E-state index in [4.69, 9.17) is 5.26 Å². The molecular weight excluding hydrogens is 202 g/mol. The first-order valence-corrected chi connectivity index (χ1v) is 6.03. The highest BCUT2D eigenvalue weighted by molar-refractivity contribution is 5.84. The fourth-order valence-corrected chi connectivity index (χ4v) is 2.95. The predicted molar refractivity (Wildman–Crippen MR) is 60.5 cm³/mol. The molecule has 2 aliphatic heterocycles. The first kappa shape index (κ1) is 11.4. The zero-order valence-electron chi connectivity index (χ0n) is 9.99. The molecule has 88 valence electrons. The lowest BCUT2D eigenvalue weighted by molar-refractivity contribution is -0.132. The van der Waals surface area contributed by atoms with E-state index in [9.17, 15) is 4.79 Å². The largest absolute Gasteiger partial charge is 0.356 e. The second-order valence-corrected chi connectivity index (χ2v) is 5.25. The lowest BCUT2D eigenvalue weighted by atomic mass is 9.78. The Bertz CT molecular complexity index is 334. The Labute approximate surface area is 96.6 Å². The summed E-state index contributed by atoms with van der Waals surface area (Å²) < 4.78 is 0. The van der Waals surface area contributed by atoms with Crippen molar-refractivity contribution in [1.82, 2.24) is 10.2 Å². The van der Waals surface area contributed by atoms with Crippen LogP contribution in [0, 0.1) is 16.7 Å². The van der Waals surface area contributed by atoms with Gasteiger partial charge in [0.2, 0.25) is 5.91 Å². The van der Waals surface area contributed by atoms with Crippen molar-refractivity contribution in [2.45, 2.75) is 45.2 Å². The van der Waals surface area contributed by atoms with Crippen molar-refractivity contribution in [1.29, 1.82) is 5.26 Å². The molecular formula is C12H19N3O. The molecule has 1 amide bonds. The summed E-state index contributed by atoms with van der Waals surface area (Å²) in [7, 11) is 0. The number of rotatable bonds is 1. The molecule has 1 spiro atoms. The van der Waals surface area contributed by atoms with Crippen LogP contribution in [0.2, 0.25) is 0 Å². The Morgan fingerprint density at radius 1 is 1.62 bits per heavy atom. The van der Waals surface area contributed by atoms with Crippen LogP contribution in [0.1, 0.15) is 33.1 Å². The third-order valence-corrected chi connectivity index (χ3v) is 3.88. The van der Waals surface area contributed by atoms with E-state index in [1.54, 1.807) is 0 Å². The summed E-state index contributed by atoms with van der Waals surface area (Å²) >= 11 is 0. The summed E-state index contributed by atoms with van der Waals surface area (Å²) in [6, 6.07) is 2.57. The average molecular weight is 221 g/mol. The maximum Gasteiger partial charge on any atom is 0.227 e. The van der Waals surface area contributed by atoms with Crippen LogP contribution >= 0.6 is 0 Å². The molecule has 4 nitrogen and oxygen atoms in total. The lowest BCUT2D eigenvalue weighted by Gasteiger charge is -2.32. The normalized spacial score (nSPS) is 35.4. The SMILES string of the molecule is CC(C)N1CC2(CCCNC2=O)CC1C#N. The van der Waals surface area contributed by atoms with Crippen molar-refractivity contribution >= 4 is 5.91 Å². The van der Waals surface area contributed by atoms with Crippen LogP contribution in [-0.4, -0.2) is 36.0 Å². The minimum absolute atomic E-state index is 0.0937. The Balaban J connectivity index is 2.20. The van der Waals surface area contributed by atoms with Crippen molar-refractivity contribution in [3.05, 3.63) is 0 Å². The number of nitrogens with zero attached hydrogens (tertiary/aromatic N) is 2. The molecule has 0 bridgehead atoms. The van der Waals surface area contributed by atoms with E-state index < -0.39 is 0 Å². The molecule has 0 aromatic carbocycles. The second-order valence-electron chi connectivity index (χ2n) is 5.25. The van der Waals surface area contributed by atoms with Gasteiger partial charge in [-0.25, -0.2) is 0 Å². The molecule has 2 unspecified atom stereocenters. The first-order valence-electron chi connectivity index (χ1n) is 6.03. The van der Waals surface area contributed by atoms with Crippen LogP contribution in [0.15, 0.2) is 0 Å². The van der Waals surface area contributed by atoms with E-state index in [2.05, 4.69) is 30.1 Å². The highest BCUT2D eigenvalue weighted by Crippen LogP contribution is 2.41. The van der Waals surface area contributed by atoms with Crippen molar-refractivity contribution in [3.63, 3.8) is 0 Å².